The summed E-state index contributed by atoms with van der Waals surface area (Å²) in [6, 6.07) is 0. The molecular weight excluding hydrogens is 238 g/mol. The molecule has 88 valence electrons. The van der Waals surface area contributed by atoms with Crippen LogP contribution in [0.4, 0.5) is 5.82 Å². The summed E-state index contributed by atoms with van der Waals surface area (Å²) in [6.07, 6.45) is 2.04. The minimum absolute atomic E-state index is 0.0201. The third-order valence-electron chi connectivity index (χ3n) is 1.82. The predicted molar refractivity (Wildman–Crippen MR) is 55.5 cm³/mol. The first-order chi connectivity index (χ1) is 7.54. The largest absolute Gasteiger partial charge is 0.408 e. The maximum atomic E-state index is 10.8. The van der Waals surface area contributed by atoms with Gasteiger partial charge in [-0.1, -0.05) is 11.6 Å². The Kier molecular flexibility index (Phi) is 4.20. The second-order valence-corrected chi connectivity index (χ2v) is 3.40. The quantitative estimate of drug-likeness (QED) is 0.334. The topological polar surface area (TPSA) is 116 Å². The number of amides is 1. The highest BCUT2D eigenvalue weighted by Crippen LogP contribution is 2.21. The van der Waals surface area contributed by atoms with Gasteiger partial charge in [0.05, 0.1) is 17.8 Å². The third-order valence-corrected chi connectivity index (χ3v) is 2.09. The van der Waals surface area contributed by atoms with E-state index in [1.807, 2.05) is 5.43 Å². The number of nitrogens with one attached hydrogen (secondary N) is 1. The van der Waals surface area contributed by atoms with E-state index >= 15 is 0 Å². The van der Waals surface area contributed by atoms with E-state index < -0.39 is 4.92 Å². The fourth-order valence-corrected chi connectivity index (χ4v) is 1.32. The van der Waals surface area contributed by atoms with Crippen LogP contribution in [0.3, 0.4) is 0 Å². The van der Waals surface area contributed by atoms with Gasteiger partial charge >= 0.3 is 5.82 Å². The molecule has 0 aromatic carbocycles. The van der Waals surface area contributed by atoms with E-state index in [0.717, 1.165) is 0 Å². The molecule has 0 aliphatic carbocycles. The van der Waals surface area contributed by atoms with Crippen molar-refractivity contribution in [2.24, 2.45) is 5.84 Å². The van der Waals surface area contributed by atoms with Crippen molar-refractivity contribution >= 4 is 23.3 Å². The number of hydrogen-bond donors (Lipinski definition) is 2. The molecule has 1 aromatic rings. The first kappa shape index (κ1) is 12.4. The summed E-state index contributed by atoms with van der Waals surface area (Å²) in [5.74, 6) is 4.20. The molecule has 9 heteroatoms. The number of carbonyl (C=O) groups excluding carboxylic acids is 1. The van der Waals surface area contributed by atoms with Crippen LogP contribution < -0.4 is 11.3 Å². The summed E-state index contributed by atoms with van der Waals surface area (Å²) in [5.41, 5.74) is 1.98. The molecule has 0 fully saturated rings. The Morgan fingerprint density at radius 1 is 1.75 bits per heavy atom. The SMILES string of the molecule is NNC(=O)CCCn1cc(Cl)c([N+](=O)[O-])n1. The van der Waals surface area contributed by atoms with Crippen molar-refractivity contribution in [3.05, 3.63) is 21.3 Å². The van der Waals surface area contributed by atoms with Gasteiger partial charge in [0, 0.05) is 6.42 Å². The van der Waals surface area contributed by atoms with E-state index in [0.29, 0.717) is 13.0 Å². The zero-order valence-electron chi connectivity index (χ0n) is 8.22. The van der Waals surface area contributed by atoms with Crippen LogP contribution in [0.1, 0.15) is 12.8 Å². The van der Waals surface area contributed by atoms with Gasteiger partial charge in [0.15, 0.2) is 5.02 Å². The van der Waals surface area contributed by atoms with Crippen molar-refractivity contribution in [2.75, 3.05) is 0 Å². The van der Waals surface area contributed by atoms with Crippen molar-refractivity contribution in [3.63, 3.8) is 0 Å². The molecule has 0 aliphatic heterocycles. The number of aromatic nitrogens is 2. The number of nitrogens with zero attached hydrogens (tertiary/aromatic N) is 3. The Hall–Kier alpha value is -1.67. The molecular formula is C7H10ClN5O3. The molecule has 1 heterocycles. The summed E-state index contributed by atoms with van der Waals surface area (Å²) in [6.45, 7) is 0.362. The number of nitrogens with two attached hydrogens (primary N) is 1. The smallest absolute Gasteiger partial charge is 0.358 e. The number of aryl methyl sites for hydroxylation is 1. The summed E-state index contributed by atoms with van der Waals surface area (Å²) < 4.78 is 1.32. The maximum Gasteiger partial charge on any atom is 0.408 e. The lowest BCUT2D eigenvalue weighted by Gasteiger charge is -1.97. The van der Waals surface area contributed by atoms with Crippen molar-refractivity contribution in [1.29, 1.82) is 0 Å². The molecule has 0 radical (unpaired) electrons. The van der Waals surface area contributed by atoms with Crippen molar-refractivity contribution in [1.82, 2.24) is 15.2 Å². The van der Waals surface area contributed by atoms with Crippen LogP contribution in [0, 0.1) is 10.1 Å². The van der Waals surface area contributed by atoms with Crippen LogP contribution in [-0.4, -0.2) is 20.6 Å². The lowest BCUT2D eigenvalue weighted by atomic mass is 10.3. The molecule has 0 aliphatic rings. The van der Waals surface area contributed by atoms with Crippen LogP contribution in [0.5, 0.6) is 0 Å². The summed E-state index contributed by atoms with van der Waals surface area (Å²) >= 11 is 5.58. The van der Waals surface area contributed by atoms with E-state index in [1.54, 1.807) is 0 Å². The average Bonchev–Trinajstić information content (AvgIpc) is 2.59. The second-order valence-electron chi connectivity index (χ2n) is 2.99. The molecule has 0 atom stereocenters. The Morgan fingerprint density at radius 3 is 2.94 bits per heavy atom. The molecule has 1 rings (SSSR count). The van der Waals surface area contributed by atoms with Gasteiger partial charge in [-0.2, -0.15) is 4.68 Å². The molecule has 0 saturated carbocycles. The summed E-state index contributed by atoms with van der Waals surface area (Å²) in [4.78, 5) is 20.5. The lowest BCUT2D eigenvalue weighted by Crippen LogP contribution is -2.29. The third kappa shape index (κ3) is 3.17. The average molecular weight is 248 g/mol. The highest BCUT2D eigenvalue weighted by atomic mass is 35.5. The monoisotopic (exact) mass is 247 g/mol. The standard InChI is InChI=1S/C7H10ClN5O3/c8-5-4-12(11-7(5)13(15)16)3-1-2-6(14)10-9/h4H,1-3,9H2,(H,10,14). The van der Waals surface area contributed by atoms with E-state index in [4.69, 9.17) is 17.4 Å². The van der Waals surface area contributed by atoms with Crippen molar-refractivity contribution in [3.8, 4) is 0 Å². The van der Waals surface area contributed by atoms with Crippen LogP contribution in [0.2, 0.25) is 5.02 Å². The molecule has 0 spiro atoms. The van der Waals surface area contributed by atoms with Gasteiger partial charge in [0.25, 0.3) is 0 Å². The minimum Gasteiger partial charge on any atom is -0.358 e. The fourth-order valence-electron chi connectivity index (χ4n) is 1.10. The van der Waals surface area contributed by atoms with E-state index in [1.165, 1.54) is 10.9 Å². The Morgan fingerprint density at radius 2 is 2.44 bits per heavy atom. The molecule has 3 N–H and O–H groups in total. The van der Waals surface area contributed by atoms with Crippen molar-refractivity contribution < 1.29 is 9.72 Å². The lowest BCUT2D eigenvalue weighted by molar-refractivity contribution is -0.389. The second kappa shape index (κ2) is 5.42. The van der Waals surface area contributed by atoms with Gasteiger partial charge in [0.1, 0.15) is 0 Å². The normalized spacial score (nSPS) is 10.1. The molecule has 16 heavy (non-hydrogen) atoms. The highest BCUT2D eigenvalue weighted by Gasteiger charge is 2.18. The van der Waals surface area contributed by atoms with E-state index in [2.05, 4.69) is 5.10 Å². The molecule has 1 aromatic heterocycles. The number of nitro groups is 1. The van der Waals surface area contributed by atoms with E-state index in [9.17, 15) is 14.9 Å². The van der Waals surface area contributed by atoms with Crippen molar-refractivity contribution in [2.45, 2.75) is 19.4 Å². The van der Waals surface area contributed by atoms with Gasteiger partial charge < -0.3 is 10.1 Å². The summed E-state index contributed by atoms with van der Waals surface area (Å²) in [7, 11) is 0. The molecule has 0 saturated heterocycles. The number of carbonyl (C=O) groups is 1. The van der Waals surface area contributed by atoms with Crippen LogP contribution in [0.25, 0.3) is 0 Å². The minimum atomic E-state index is -0.661. The Balaban J connectivity index is 2.52. The maximum absolute atomic E-state index is 10.8. The molecule has 0 unspecified atom stereocenters. The van der Waals surface area contributed by atoms with Crippen LogP contribution >= 0.6 is 11.6 Å². The Labute approximate surface area is 95.5 Å². The highest BCUT2D eigenvalue weighted by molar-refractivity contribution is 6.32. The van der Waals surface area contributed by atoms with Gasteiger partial charge in [0.2, 0.25) is 5.91 Å². The van der Waals surface area contributed by atoms with E-state index in [-0.39, 0.29) is 23.2 Å². The Bertz CT molecular complexity index is 405. The molecule has 8 nitrogen and oxygen atoms in total. The van der Waals surface area contributed by atoms with Gasteiger partial charge in [-0.3, -0.25) is 10.2 Å². The fraction of sp³-hybridized carbons (Fsp3) is 0.429. The predicted octanol–water partition coefficient (Wildman–Crippen LogP) is 0.215. The summed E-state index contributed by atoms with van der Waals surface area (Å²) in [5, 5.41) is 14.1. The number of halogens is 1. The molecule has 1 amide bonds. The number of rotatable bonds is 5. The van der Waals surface area contributed by atoms with Gasteiger partial charge in [-0.15, -0.1) is 0 Å². The zero-order valence-corrected chi connectivity index (χ0v) is 8.98. The molecule has 0 bridgehead atoms. The zero-order chi connectivity index (χ0) is 12.1. The van der Waals surface area contributed by atoms with Gasteiger partial charge in [-0.05, 0) is 11.3 Å². The first-order valence-corrected chi connectivity index (χ1v) is 4.79. The van der Waals surface area contributed by atoms with Gasteiger partial charge in [-0.25, -0.2) is 5.84 Å². The first-order valence-electron chi connectivity index (χ1n) is 4.41. The number of hydrogen-bond acceptors (Lipinski definition) is 5. The number of hydrazine groups is 1. The van der Waals surface area contributed by atoms with Crippen LogP contribution in [-0.2, 0) is 11.3 Å². The van der Waals surface area contributed by atoms with Crippen LogP contribution in [0.15, 0.2) is 6.20 Å².